The number of aryl methyl sites for hydroxylation is 1. The van der Waals surface area contributed by atoms with Gasteiger partial charge >= 0.3 is 0 Å². The monoisotopic (exact) mass is 380 g/mol. The zero-order valence-corrected chi connectivity index (χ0v) is 17.1. The first-order valence-electron chi connectivity index (χ1n) is 10.4. The molecule has 4 heteroatoms. The van der Waals surface area contributed by atoms with Gasteiger partial charge in [-0.2, -0.15) is 0 Å². The lowest BCUT2D eigenvalue weighted by Crippen LogP contribution is -2.36. The normalized spacial score (nSPS) is 17.3. The Kier molecular flexibility index (Phi) is 7.49. The fourth-order valence-electron chi connectivity index (χ4n) is 3.76. The standard InChI is InChI=1S/C24H32N2O2/c1-19-6-3-4-15-26(19)18-22-11-9-21(10-12-22)17-25-24(27)14-13-20-7-5-8-23(16-20)28-2/h5,7-12,16,19H,3-4,6,13-15,17-18H2,1-2H3,(H,25,27). The summed E-state index contributed by atoms with van der Waals surface area (Å²) in [6.45, 7) is 5.13. The number of ether oxygens (including phenoxy) is 1. The lowest BCUT2D eigenvalue weighted by atomic mass is 10.0. The summed E-state index contributed by atoms with van der Waals surface area (Å²) in [5.74, 6) is 0.908. The number of amides is 1. The number of likely N-dealkylation sites (tertiary alicyclic amines) is 1. The van der Waals surface area contributed by atoms with Gasteiger partial charge in [0.1, 0.15) is 5.75 Å². The summed E-state index contributed by atoms with van der Waals surface area (Å²) >= 11 is 0. The number of benzene rings is 2. The van der Waals surface area contributed by atoms with Crippen molar-refractivity contribution in [2.45, 2.75) is 58.2 Å². The molecule has 0 spiro atoms. The van der Waals surface area contributed by atoms with E-state index in [1.165, 1.54) is 31.4 Å². The minimum absolute atomic E-state index is 0.0778. The summed E-state index contributed by atoms with van der Waals surface area (Å²) in [6, 6.07) is 17.2. The molecule has 1 heterocycles. The molecule has 1 aliphatic heterocycles. The van der Waals surface area contributed by atoms with E-state index >= 15 is 0 Å². The first-order valence-corrected chi connectivity index (χ1v) is 10.4. The average Bonchev–Trinajstić information content (AvgIpc) is 2.73. The van der Waals surface area contributed by atoms with Gasteiger partial charge in [-0.25, -0.2) is 0 Å². The van der Waals surface area contributed by atoms with Crippen molar-refractivity contribution in [3.63, 3.8) is 0 Å². The number of rotatable bonds is 8. The Bertz CT molecular complexity index is 757. The van der Waals surface area contributed by atoms with Gasteiger partial charge in [0.05, 0.1) is 7.11 Å². The van der Waals surface area contributed by atoms with Gasteiger partial charge < -0.3 is 10.1 Å². The van der Waals surface area contributed by atoms with E-state index in [1.54, 1.807) is 7.11 Å². The van der Waals surface area contributed by atoms with Crippen LogP contribution in [0.25, 0.3) is 0 Å². The van der Waals surface area contributed by atoms with E-state index in [1.807, 2.05) is 24.3 Å². The van der Waals surface area contributed by atoms with E-state index in [0.29, 0.717) is 19.0 Å². The number of hydrogen-bond acceptors (Lipinski definition) is 3. The SMILES string of the molecule is COc1cccc(CCC(=O)NCc2ccc(CN3CCCCC3C)cc2)c1. The highest BCUT2D eigenvalue weighted by molar-refractivity contribution is 5.76. The zero-order valence-electron chi connectivity index (χ0n) is 17.1. The molecule has 150 valence electrons. The third-order valence-electron chi connectivity index (χ3n) is 5.61. The molecule has 1 unspecified atom stereocenters. The molecule has 2 aromatic rings. The van der Waals surface area contributed by atoms with Crippen molar-refractivity contribution in [2.75, 3.05) is 13.7 Å². The van der Waals surface area contributed by atoms with Crippen LogP contribution < -0.4 is 10.1 Å². The van der Waals surface area contributed by atoms with E-state index in [0.717, 1.165) is 29.8 Å². The average molecular weight is 381 g/mol. The topological polar surface area (TPSA) is 41.6 Å². The van der Waals surface area contributed by atoms with Gasteiger partial charge in [0.15, 0.2) is 0 Å². The maximum Gasteiger partial charge on any atom is 0.220 e. The number of carbonyl (C=O) groups excluding carboxylic acids is 1. The molecule has 0 radical (unpaired) electrons. The van der Waals surface area contributed by atoms with Crippen LogP contribution in [0.5, 0.6) is 5.75 Å². The molecule has 1 amide bonds. The Labute approximate surface area is 168 Å². The second-order valence-electron chi connectivity index (χ2n) is 7.76. The Balaban J connectivity index is 1.42. The number of nitrogens with one attached hydrogen (secondary N) is 1. The zero-order chi connectivity index (χ0) is 19.8. The Morgan fingerprint density at radius 3 is 2.64 bits per heavy atom. The van der Waals surface area contributed by atoms with Gasteiger partial charge in [-0.1, -0.05) is 42.8 Å². The summed E-state index contributed by atoms with van der Waals surface area (Å²) in [6.07, 6.45) is 5.17. The van der Waals surface area contributed by atoms with Gasteiger partial charge in [0, 0.05) is 25.6 Å². The van der Waals surface area contributed by atoms with Gasteiger partial charge in [0.25, 0.3) is 0 Å². The van der Waals surface area contributed by atoms with Crippen LogP contribution in [0.15, 0.2) is 48.5 Å². The molecule has 0 bridgehead atoms. The molecule has 0 saturated carbocycles. The number of piperidine rings is 1. The fraction of sp³-hybridized carbons (Fsp3) is 0.458. The molecular weight excluding hydrogens is 348 g/mol. The third kappa shape index (κ3) is 6.10. The van der Waals surface area contributed by atoms with Crippen LogP contribution in [0.3, 0.4) is 0 Å². The Hall–Kier alpha value is -2.33. The molecule has 4 nitrogen and oxygen atoms in total. The van der Waals surface area contributed by atoms with Crippen LogP contribution in [0, 0.1) is 0 Å². The molecular formula is C24H32N2O2. The lowest BCUT2D eigenvalue weighted by molar-refractivity contribution is -0.121. The molecule has 0 aromatic heterocycles. The van der Waals surface area contributed by atoms with Crippen molar-refractivity contribution >= 4 is 5.91 Å². The third-order valence-corrected chi connectivity index (χ3v) is 5.61. The molecule has 1 atom stereocenters. The van der Waals surface area contributed by atoms with Crippen LogP contribution >= 0.6 is 0 Å². The van der Waals surface area contributed by atoms with Gasteiger partial charge in [0.2, 0.25) is 5.91 Å². The smallest absolute Gasteiger partial charge is 0.220 e. The van der Waals surface area contributed by atoms with Gasteiger partial charge in [-0.15, -0.1) is 0 Å². The lowest BCUT2D eigenvalue weighted by Gasteiger charge is -2.33. The Morgan fingerprint density at radius 2 is 1.89 bits per heavy atom. The molecule has 3 rings (SSSR count). The highest BCUT2D eigenvalue weighted by Gasteiger charge is 2.17. The van der Waals surface area contributed by atoms with Crippen molar-refractivity contribution in [1.82, 2.24) is 10.2 Å². The minimum Gasteiger partial charge on any atom is -0.497 e. The van der Waals surface area contributed by atoms with E-state index in [9.17, 15) is 4.79 Å². The highest BCUT2D eigenvalue weighted by atomic mass is 16.5. The van der Waals surface area contributed by atoms with E-state index in [2.05, 4.69) is 41.4 Å². The van der Waals surface area contributed by atoms with Crippen molar-refractivity contribution in [3.05, 3.63) is 65.2 Å². The predicted molar refractivity (Wildman–Crippen MR) is 113 cm³/mol. The molecule has 2 aromatic carbocycles. The Morgan fingerprint density at radius 1 is 1.11 bits per heavy atom. The van der Waals surface area contributed by atoms with Crippen LogP contribution in [-0.2, 0) is 24.3 Å². The highest BCUT2D eigenvalue weighted by Crippen LogP contribution is 2.19. The van der Waals surface area contributed by atoms with E-state index < -0.39 is 0 Å². The van der Waals surface area contributed by atoms with Crippen LogP contribution in [0.1, 0.15) is 49.3 Å². The fourth-order valence-corrected chi connectivity index (χ4v) is 3.76. The number of carbonyl (C=O) groups is 1. The van der Waals surface area contributed by atoms with Crippen molar-refractivity contribution in [1.29, 1.82) is 0 Å². The number of methoxy groups -OCH3 is 1. The second-order valence-corrected chi connectivity index (χ2v) is 7.76. The number of nitrogens with zero attached hydrogens (tertiary/aromatic N) is 1. The predicted octanol–water partition coefficient (Wildman–Crippen LogP) is 4.32. The van der Waals surface area contributed by atoms with Gasteiger partial charge in [-0.05, 0) is 61.6 Å². The summed E-state index contributed by atoms with van der Waals surface area (Å²) < 4.78 is 5.23. The molecule has 1 saturated heterocycles. The van der Waals surface area contributed by atoms with Crippen molar-refractivity contribution in [3.8, 4) is 5.75 Å². The van der Waals surface area contributed by atoms with Crippen molar-refractivity contribution < 1.29 is 9.53 Å². The first-order chi connectivity index (χ1) is 13.6. The molecule has 1 N–H and O–H groups in total. The number of hydrogen-bond donors (Lipinski definition) is 1. The molecule has 1 fully saturated rings. The van der Waals surface area contributed by atoms with Crippen LogP contribution in [0.4, 0.5) is 0 Å². The largest absolute Gasteiger partial charge is 0.497 e. The van der Waals surface area contributed by atoms with Crippen molar-refractivity contribution in [2.24, 2.45) is 0 Å². The summed E-state index contributed by atoms with van der Waals surface area (Å²) in [7, 11) is 1.66. The molecule has 0 aliphatic carbocycles. The molecule has 1 aliphatic rings. The maximum absolute atomic E-state index is 12.2. The molecule has 28 heavy (non-hydrogen) atoms. The van der Waals surface area contributed by atoms with Crippen LogP contribution in [-0.4, -0.2) is 30.5 Å². The summed E-state index contributed by atoms with van der Waals surface area (Å²) in [5, 5.41) is 3.03. The minimum atomic E-state index is 0.0778. The summed E-state index contributed by atoms with van der Waals surface area (Å²) in [4.78, 5) is 14.7. The summed E-state index contributed by atoms with van der Waals surface area (Å²) in [5.41, 5.74) is 3.61. The first kappa shape index (κ1) is 20.4. The maximum atomic E-state index is 12.2. The van der Waals surface area contributed by atoms with Gasteiger partial charge in [-0.3, -0.25) is 9.69 Å². The second kappa shape index (κ2) is 10.3. The van der Waals surface area contributed by atoms with E-state index in [-0.39, 0.29) is 5.91 Å². The quantitative estimate of drug-likeness (QED) is 0.742. The van der Waals surface area contributed by atoms with E-state index in [4.69, 9.17) is 4.74 Å². The van der Waals surface area contributed by atoms with Crippen LogP contribution in [0.2, 0.25) is 0 Å².